The first-order valence-corrected chi connectivity index (χ1v) is 5.61. The normalized spacial score (nSPS) is 12.6. The fraction of sp³-hybridized carbons (Fsp3) is 0.700. The van der Waals surface area contributed by atoms with Crippen molar-refractivity contribution in [1.82, 2.24) is 15.0 Å². The van der Waals surface area contributed by atoms with E-state index in [1.165, 1.54) is 0 Å². The Hall–Kier alpha value is -1.47. The summed E-state index contributed by atoms with van der Waals surface area (Å²) in [4.78, 5) is 10.6. The molecule has 0 aliphatic rings. The molecule has 1 aromatic heterocycles. The molecule has 0 fully saturated rings. The second kappa shape index (κ2) is 6.97. The van der Waals surface area contributed by atoms with E-state index >= 15 is 0 Å². The number of aliphatic hydroxyl groups is 1. The monoisotopic (exact) mass is 242 g/mol. The van der Waals surface area contributed by atoms with E-state index in [1.807, 2.05) is 0 Å². The number of aryl methyl sites for hydroxylation is 1. The third-order valence-electron chi connectivity index (χ3n) is 2.38. The second-order valence-corrected chi connectivity index (χ2v) is 3.91. The van der Waals surface area contributed by atoms with Gasteiger partial charge in [-0.25, -0.2) is 0 Å². The number of aliphatic carboxylic acids is 1. The van der Waals surface area contributed by atoms with Crippen LogP contribution in [-0.4, -0.2) is 43.8 Å². The van der Waals surface area contributed by atoms with Gasteiger partial charge in [0.15, 0.2) is 0 Å². The number of rotatable bonds is 8. The third-order valence-corrected chi connectivity index (χ3v) is 2.38. The summed E-state index contributed by atoms with van der Waals surface area (Å²) < 4.78 is 1.67. The standard InChI is InChI=1S/C10H18N4O3/c11-9(10(16)17)6-8-7-14(13-12-8)4-2-1-3-5-15/h7,9,15H,1-6,11H2,(H,16,17). The molecular weight excluding hydrogens is 224 g/mol. The molecule has 0 aromatic carbocycles. The predicted octanol–water partition coefficient (Wildman–Crippen LogP) is -0.605. The summed E-state index contributed by atoms with van der Waals surface area (Å²) in [5.74, 6) is -1.04. The van der Waals surface area contributed by atoms with Gasteiger partial charge in [-0.2, -0.15) is 0 Å². The smallest absolute Gasteiger partial charge is 0.320 e. The quantitative estimate of drug-likeness (QED) is 0.524. The van der Waals surface area contributed by atoms with Crippen LogP contribution in [0.1, 0.15) is 25.0 Å². The molecule has 0 aliphatic carbocycles. The van der Waals surface area contributed by atoms with Crippen LogP contribution < -0.4 is 5.73 Å². The average molecular weight is 242 g/mol. The molecule has 7 nitrogen and oxygen atoms in total. The summed E-state index contributed by atoms with van der Waals surface area (Å²) in [5.41, 5.74) is 5.98. The highest BCUT2D eigenvalue weighted by Crippen LogP contribution is 2.01. The van der Waals surface area contributed by atoms with Crippen molar-refractivity contribution in [3.8, 4) is 0 Å². The maximum atomic E-state index is 10.6. The van der Waals surface area contributed by atoms with E-state index in [9.17, 15) is 4.79 Å². The molecule has 0 saturated heterocycles. The highest BCUT2D eigenvalue weighted by molar-refractivity contribution is 5.73. The number of carboxylic acid groups (broad SMARTS) is 1. The molecule has 0 aliphatic heterocycles. The van der Waals surface area contributed by atoms with Crippen LogP contribution in [0.3, 0.4) is 0 Å². The molecule has 4 N–H and O–H groups in total. The van der Waals surface area contributed by atoms with Crippen molar-refractivity contribution in [2.75, 3.05) is 6.61 Å². The molecular formula is C10H18N4O3. The number of aromatic nitrogens is 3. The first-order valence-electron chi connectivity index (χ1n) is 5.61. The molecule has 0 radical (unpaired) electrons. The Balaban J connectivity index is 2.34. The van der Waals surface area contributed by atoms with E-state index in [4.69, 9.17) is 15.9 Å². The molecule has 1 unspecified atom stereocenters. The predicted molar refractivity (Wildman–Crippen MR) is 60.3 cm³/mol. The molecule has 1 aromatic rings. The maximum absolute atomic E-state index is 10.6. The molecule has 1 heterocycles. The minimum Gasteiger partial charge on any atom is -0.480 e. The van der Waals surface area contributed by atoms with Crippen molar-refractivity contribution in [1.29, 1.82) is 0 Å². The largest absolute Gasteiger partial charge is 0.480 e. The molecule has 7 heteroatoms. The van der Waals surface area contributed by atoms with Gasteiger partial charge in [-0.15, -0.1) is 5.10 Å². The number of aliphatic hydroxyl groups excluding tert-OH is 1. The van der Waals surface area contributed by atoms with Crippen LogP contribution >= 0.6 is 0 Å². The van der Waals surface area contributed by atoms with Crippen LogP contribution in [-0.2, 0) is 17.8 Å². The SMILES string of the molecule is NC(Cc1cn(CCCCCO)nn1)C(=O)O. The Morgan fingerprint density at radius 3 is 2.88 bits per heavy atom. The molecule has 0 amide bonds. The van der Waals surface area contributed by atoms with Gasteiger partial charge in [-0.05, 0) is 19.3 Å². The summed E-state index contributed by atoms with van der Waals surface area (Å²) in [7, 11) is 0. The van der Waals surface area contributed by atoms with Crippen molar-refractivity contribution < 1.29 is 15.0 Å². The van der Waals surface area contributed by atoms with Gasteiger partial charge in [0.25, 0.3) is 0 Å². The summed E-state index contributed by atoms with van der Waals surface area (Å²) in [6, 6.07) is -0.936. The summed E-state index contributed by atoms with van der Waals surface area (Å²) in [6.45, 7) is 0.922. The number of hydrogen-bond donors (Lipinski definition) is 3. The van der Waals surface area contributed by atoms with Crippen LogP contribution in [0.4, 0.5) is 0 Å². The lowest BCUT2D eigenvalue weighted by atomic mass is 10.2. The van der Waals surface area contributed by atoms with Crippen molar-refractivity contribution >= 4 is 5.97 Å². The Labute approximate surface area is 99.2 Å². The fourth-order valence-electron chi connectivity index (χ4n) is 1.42. The van der Waals surface area contributed by atoms with Gasteiger partial charge >= 0.3 is 5.97 Å². The average Bonchev–Trinajstić information content (AvgIpc) is 2.72. The van der Waals surface area contributed by atoms with Gasteiger partial charge in [-0.1, -0.05) is 5.21 Å². The number of unbranched alkanes of at least 4 members (excludes halogenated alkanes) is 2. The van der Waals surface area contributed by atoms with Gasteiger partial charge in [0.1, 0.15) is 6.04 Å². The van der Waals surface area contributed by atoms with E-state index in [-0.39, 0.29) is 13.0 Å². The van der Waals surface area contributed by atoms with Crippen LogP contribution in [0.15, 0.2) is 6.20 Å². The topological polar surface area (TPSA) is 114 Å². The number of nitrogens with zero attached hydrogens (tertiary/aromatic N) is 3. The minimum atomic E-state index is -1.04. The van der Waals surface area contributed by atoms with Gasteiger partial charge in [-0.3, -0.25) is 9.48 Å². The molecule has 0 spiro atoms. The number of carboxylic acids is 1. The lowest BCUT2D eigenvalue weighted by molar-refractivity contribution is -0.138. The lowest BCUT2D eigenvalue weighted by Gasteiger charge is -2.01. The van der Waals surface area contributed by atoms with Gasteiger partial charge < -0.3 is 15.9 Å². The highest BCUT2D eigenvalue weighted by Gasteiger charge is 2.14. The van der Waals surface area contributed by atoms with Crippen molar-refractivity contribution in [2.24, 2.45) is 5.73 Å². The molecule has 0 saturated carbocycles. The number of hydrogen-bond acceptors (Lipinski definition) is 5. The molecule has 96 valence electrons. The Bertz CT molecular complexity index is 353. The van der Waals surface area contributed by atoms with Crippen LogP contribution in [0.2, 0.25) is 0 Å². The zero-order chi connectivity index (χ0) is 12.7. The van der Waals surface area contributed by atoms with Crippen LogP contribution in [0.5, 0.6) is 0 Å². The highest BCUT2D eigenvalue weighted by atomic mass is 16.4. The van der Waals surface area contributed by atoms with E-state index in [1.54, 1.807) is 10.9 Å². The zero-order valence-corrected chi connectivity index (χ0v) is 9.62. The van der Waals surface area contributed by atoms with E-state index in [2.05, 4.69) is 10.3 Å². The Morgan fingerprint density at radius 2 is 2.24 bits per heavy atom. The van der Waals surface area contributed by atoms with Gasteiger partial charge in [0, 0.05) is 25.8 Å². The second-order valence-electron chi connectivity index (χ2n) is 3.91. The molecule has 0 bridgehead atoms. The van der Waals surface area contributed by atoms with Crippen molar-refractivity contribution in [3.05, 3.63) is 11.9 Å². The van der Waals surface area contributed by atoms with Crippen molar-refractivity contribution in [2.45, 2.75) is 38.3 Å². The Morgan fingerprint density at radius 1 is 1.47 bits per heavy atom. The lowest BCUT2D eigenvalue weighted by Crippen LogP contribution is -2.32. The molecule has 1 rings (SSSR count). The Kier molecular flexibility index (Phi) is 5.58. The number of nitrogens with two attached hydrogens (primary N) is 1. The van der Waals surface area contributed by atoms with E-state index in [0.29, 0.717) is 5.69 Å². The van der Waals surface area contributed by atoms with E-state index in [0.717, 1.165) is 25.8 Å². The molecule has 17 heavy (non-hydrogen) atoms. The first-order chi connectivity index (χ1) is 8.13. The summed E-state index contributed by atoms with van der Waals surface area (Å²) in [5, 5.41) is 25.0. The third kappa shape index (κ3) is 4.92. The van der Waals surface area contributed by atoms with Gasteiger partial charge in [0.05, 0.1) is 5.69 Å². The molecule has 1 atom stereocenters. The van der Waals surface area contributed by atoms with Crippen LogP contribution in [0, 0.1) is 0 Å². The maximum Gasteiger partial charge on any atom is 0.320 e. The number of carbonyl (C=O) groups is 1. The fourth-order valence-corrected chi connectivity index (χ4v) is 1.42. The minimum absolute atomic E-state index is 0.186. The van der Waals surface area contributed by atoms with E-state index < -0.39 is 12.0 Å². The summed E-state index contributed by atoms with van der Waals surface area (Å²) in [6.07, 6.45) is 4.52. The summed E-state index contributed by atoms with van der Waals surface area (Å²) >= 11 is 0. The van der Waals surface area contributed by atoms with Crippen LogP contribution in [0.25, 0.3) is 0 Å². The first kappa shape index (κ1) is 13.6. The van der Waals surface area contributed by atoms with Gasteiger partial charge in [0.2, 0.25) is 0 Å². The zero-order valence-electron chi connectivity index (χ0n) is 9.62. The van der Waals surface area contributed by atoms with Crippen molar-refractivity contribution in [3.63, 3.8) is 0 Å².